The van der Waals surface area contributed by atoms with Gasteiger partial charge in [0.25, 0.3) is 0 Å². The number of carboxylic acids is 1. The van der Waals surface area contributed by atoms with Crippen molar-refractivity contribution in [3.05, 3.63) is 0 Å². The molecule has 2 unspecified atom stereocenters. The van der Waals surface area contributed by atoms with Crippen molar-refractivity contribution in [1.29, 1.82) is 0 Å². The summed E-state index contributed by atoms with van der Waals surface area (Å²) < 4.78 is 5.45. The summed E-state index contributed by atoms with van der Waals surface area (Å²) in [5, 5.41) is 8.98. The number of aliphatic carboxylic acids is 1. The number of hydrogen-bond donors (Lipinski definition) is 1. The Labute approximate surface area is 72.7 Å². The molecule has 12 heavy (non-hydrogen) atoms. The summed E-state index contributed by atoms with van der Waals surface area (Å²) in [7, 11) is 0. The van der Waals surface area contributed by atoms with Crippen LogP contribution < -0.4 is 0 Å². The molecule has 2 atom stereocenters. The van der Waals surface area contributed by atoms with Crippen LogP contribution in [0.2, 0.25) is 0 Å². The summed E-state index contributed by atoms with van der Waals surface area (Å²) >= 11 is 0. The Morgan fingerprint density at radius 1 is 1.67 bits per heavy atom. The second-order valence-corrected chi connectivity index (χ2v) is 3.80. The van der Waals surface area contributed by atoms with Crippen LogP contribution in [-0.2, 0) is 9.53 Å². The maximum absolute atomic E-state index is 10.9. The molecule has 1 N–H and O–H groups in total. The molecular formula is C9H16O3. The molecule has 0 amide bonds. The number of carbonyl (C=O) groups is 1. The second-order valence-electron chi connectivity index (χ2n) is 3.80. The van der Waals surface area contributed by atoms with Crippen LogP contribution in [0.25, 0.3) is 0 Å². The second kappa shape index (κ2) is 3.05. The smallest absolute Gasteiger partial charge is 0.336 e. The minimum absolute atomic E-state index is 0.0103. The largest absolute Gasteiger partial charge is 0.479 e. The molecule has 0 saturated heterocycles. The van der Waals surface area contributed by atoms with Gasteiger partial charge >= 0.3 is 5.97 Å². The highest BCUT2D eigenvalue weighted by atomic mass is 16.5. The average molecular weight is 172 g/mol. The topological polar surface area (TPSA) is 46.5 Å². The third-order valence-electron chi connectivity index (χ3n) is 2.55. The predicted molar refractivity (Wildman–Crippen MR) is 45.0 cm³/mol. The molecular weight excluding hydrogens is 156 g/mol. The van der Waals surface area contributed by atoms with Gasteiger partial charge in [-0.3, -0.25) is 0 Å². The van der Waals surface area contributed by atoms with Gasteiger partial charge < -0.3 is 9.84 Å². The van der Waals surface area contributed by atoms with Gasteiger partial charge in [-0.25, -0.2) is 4.79 Å². The normalized spacial score (nSPS) is 34.8. The molecule has 3 heteroatoms. The van der Waals surface area contributed by atoms with E-state index in [9.17, 15) is 4.79 Å². The number of ether oxygens (including phenoxy) is 1. The molecule has 0 bridgehead atoms. The fourth-order valence-electron chi connectivity index (χ4n) is 1.66. The highest BCUT2D eigenvalue weighted by Crippen LogP contribution is 2.42. The van der Waals surface area contributed by atoms with Gasteiger partial charge in [-0.15, -0.1) is 0 Å². The van der Waals surface area contributed by atoms with Gasteiger partial charge in [0.05, 0.1) is 6.10 Å². The molecule has 0 heterocycles. The maximum atomic E-state index is 10.9. The van der Waals surface area contributed by atoms with Crippen molar-refractivity contribution in [1.82, 2.24) is 0 Å². The first-order valence-corrected chi connectivity index (χ1v) is 4.40. The summed E-state index contributed by atoms with van der Waals surface area (Å²) in [6.45, 7) is 5.67. The zero-order valence-corrected chi connectivity index (χ0v) is 7.83. The van der Waals surface area contributed by atoms with Gasteiger partial charge in [0.2, 0.25) is 0 Å². The fourth-order valence-corrected chi connectivity index (χ4v) is 1.66. The lowest BCUT2D eigenvalue weighted by molar-refractivity contribution is -0.201. The lowest BCUT2D eigenvalue weighted by Crippen LogP contribution is -2.55. The van der Waals surface area contributed by atoms with E-state index in [1.54, 1.807) is 0 Å². The molecule has 0 aromatic heterocycles. The Kier molecular flexibility index (Phi) is 2.42. The van der Waals surface area contributed by atoms with Crippen molar-refractivity contribution >= 4 is 5.97 Å². The minimum atomic E-state index is -0.881. The van der Waals surface area contributed by atoms with E-state index in [2.05, 4.69) is 0 Å². The first kappa shape index (κ1) is 9.52. The Morgan fingerprint density at radius 2 is 2.25 bits per heavy atom. The van der Waals surface area contributed by atoms with Gasteiger partial charge in [0.15, 0.2) is 5.60 Å². The van der Waals surface area contributed by atoms with Gasteiger partial charge in [-0.1, -0.05) is 6.92 Å². The zero-order valence-electron chi connectivity index (χ0n) is 7.83. The summed E-state index contributed by atoms with van der Waals surface area (Å²) in [6.07, 6.45) is 1.60. The summed E-state index contributed by atoms with van der Waals surface area (Å²) in [6, 6.07) is 0. The molecule has 0 aliphatic heterocycles. The Balaban J connectivity index is 2.67. The minimum Gasteiger partial charge on any atom is -0.479 e. The van der Waals surface area contributed by atoms with Crippen molar-refractivity contribution in [2.45, 2.75) is 45.3 Å². The van der Waals surface area contributed by atoms with Crippen LogP contribution in [0.4, 0.5) is 0 Å². The molecule has 1 aliphatic rings. The zero-order chi connectivity index (χ0) is 9.35. The maximum Gasteiger partial charge on any atom is 0.336 e. The van der Waals surface area contributed by atoms with E-state index in [1.807, 2.05) is 20.8 Å². The van der Waals surface area contributed by atoms with Crippen molar-refractivity contribution in [3.8, 4) is 0 Å². The van der Waals surface area contributed by atoms with Crippen LogP contribution in [-0.4, -0.2) is 22.8 Å². The summed E-state index contributed by atoms with van der Waals surface area (Å²) in [5.41, 5.74) is -0.881. The average Bonchev–Trinajstić information content (AvgIpc) is 1.96. The van der Waals surface area contributed by atoms with Crippen molar-refractivity contribution in [2.75, 3.05) is 0 Å². The molecule has 0 aromatic rings. The monoisotopic (exact) mass is 172 g/mol. The molecule has 1 aliphatic carbocycles. The van der Waals surface area contributed by atoms with Crippen LogP contribution >= 0.6 is 0 Å². The first-order chi connectivity index (χ1) is 5.49. The lowest BCUT2D eigenvalue weighted by Gasteiger charge is -2.44. The van der Waals surface area contributed by atoms with E-state index in [4.69, 9.17) is 9.84 Å². The van der Waals surface area contributed by atoms with E-state index < -0.39 is 11.6 Å². The molecule has 0 spiro atoms. The Bertz CT molecular complexity index is 188. The van der Waals surface area contributed by atoms with Crippen molar-refractivity contribution in [3.63, 3.8) is 0 Å². The molecule has 1 fully saturated rings. The molecule has 70 valence electrons. The molecule has 0 aromatic carbocycles. The van der Waals surface area contributed by atoms with Crippen LogP contribution in [0.3, 0.4) is 0 Å². The lowest BCUT2D eigenvalue weighted by atomic mass is 9.70. The SMILES string of the molecule is CC(C)OC1(C(=O)O)CCC1C. The third-order valence-corrected chi connectivity index (χ3v) is 2.55. The highest BCUT2D eigenvalue weighted by Gasteiger charge is 2.52. The van der Waals surface area contributed by atoms with E-state index in [-0.39, 0.29) is 12.0 Å². The van der Waals surface area contributed by atoms with E-state index in [0.717, 1.165) is 6.42 Å². The van der Waals surface area contributed by atoms with Crippen LogP contribution in [0.5, 0.6) is 0 Å². The number of carboxylic acid groups (broad SMARTS) is 1. The number of rotatable bonds is 3. The van der Waals surface area contributed by atoms with Gasteiger partial charge in [0, 0.05) is 0 Å². The van der Waals surface area contributed by atoms with Crippen LogP contribution in [0.15, 0.2) is 0 Å². The molecule has 1 saturated carbocycles. The van der Waals surface area contributed by atoms with Gasteiger partial charge in [-0.2, -0.15) is 0 Å². The summed E-state index contributed by atoms with van der Waals surface area (Å²) in [5.74, 6) is -0.660. The fraction of sp³-hybridized carbons (Fsp3) is 0.889. The van der Waals surface area contributed by atoms with Crippen LogP contribution in [0, 0.1) is 5.92 Å². The standard InChI is InChI=1S/C9H16O3/c1-6(2)12-9(8(10)11)5-4-7(9)3/h6-7H,4-5H2,1-3H3,(H,10,11). The highest BCUT2D eigenvalue weighted by molar-refractivity contribution is 5.79. The molecule has 0 radical (unpaired) electrons. The van der Waals surface area contributed by atoms with E-state index in [0.29, 0.717) is 6.42 Å². The van der Waals surface area contributed by atoms with Crippen molar-refractivity contribution < 1.29 is 14.6 Å². The predicted octanol–water partition coefficient (Wildman–Crippen LogP) is 1.66. The Morgan fingerprint density at radius 3 is 2.33 bits per heavy atom. The molecule has 1 rings (SSSR count). The summed E-state index contributed by atoms with van der Waals surface area (Å²) in [4.78, 5) is 10.9. The van der Waals surface area contributed by atoms with Gasteiger partial charge in [-0.05, 0) is 32.6 Å². The quantitative estimate of drug-likeness (QED) is 0.704. The van der Waals surface area contributed by atoms with Crippen molar-refractivity contribution in [2.24, 2.45) is 5.92 Å². The third kappa shape index (κ3) is 1.33. The van der Waals surface area contributed by atoms with E-state index >= 15 is 0 Å². The Hall–Kier alpha value is -0.570. The number of hydrogen-bond acceptors (Lipinski definition) is 2. The van der Waals surface area contributed by atoms with E-state index in [1.165, 1.54) is 0 Å². The molecule has 3 nitrogen and oxygen atoms in total. The first-order valence-electron chi connectivity index (χ1n) is 4.40. The van der Waals surface area contributed by atoms with Gasteiger partial charge in [0.1, 0.15) is 0 Å². The van der Waals surface area contributed by atoms with Crippen LogP contribution in [0.1, 0.15) is 33.6 Å².